The van der Waals surface area contributed by atoms with Crippen LogP contribution in [-0.2, 0) is 5.41 Å². The second-order valence-electron chi connectivity index (χ2n) is 23.9. The van der Waals surface area contributed by atoms with Crippen LogP contribution < -0.4 is 69.0 Å². The summed E-state index contributed by atoms with van der Waals surface area (Å²) in [7, 11) is 0. The van der Waals surface area contributed by atoms with E-state index < -0.39 is 0 Å². The van der Waals surface area contributed by atoms with Crippen LogP contribution in [0.4, 0.5) is 51.2 Å². The van der Waals surface area contributed by atoms with Gasteiger partial charge in [0.2, 0.25) is 0 Å². The summed E-state index contributed by atoms with van der Waals surface area (Å²) in [4.78, 5) is 7.18. The molecule has 0 atom stereocenters. The first-order valence-electron chi connectivity index (χ1n) is 30.6. The fraction of sp³-hybridized carbons (Fsp3) is 0.200. The van der Waals surface area contributed by atoms with Crippen LogP contribution in [0.2, 0.25) is 0 Å². The highest BCUT2D eigenvalue weighted by Gasteiger charge is 2.46. The van der Waals surface area contributed by atoms with Gasteiger partial charge in [-0.1, -0.05) is 98.8 Å². The molecule has 7 aliphatic rings. The summed E-state index contributed by atoms with van der Waals surface area (Å²) in [5, 5.41) is 0. The van der Waals surface area contributed by atoms with Crippen molar-refractivity contribution in [2.75, 3.05) is 67.6 Å². The van der Waals surface area contributed by atoms with Crippen molar-refractivity contribution in [3.05, 3.63) is 205 Å². The number of ether oxygens (including phenoxy) is 8. The van der Waals surface area contributed by atoms with E-state index in [1.165, 1.54) is 27.8 Å². The van der Waals surface area contributed by atoms with Gasteiger partial charge in [0, 0.05) is 95.2 Å². The maximum absolute atomic E-state index is 6.58. The summed E-state index contributed by atoms with van der Waals surface area (Å²) in [6.07, 6.45) is 3.14. The first kappa shape index (κ1) is 51.5. The molecule has 6 heterocycles. The Hall–Kier alpha value is -9.94. The fourth-order valence-corrected chi connectivity index (χ4v) is 14.1. The molecule has 12 heteroatoms. The smallest absolute Gasteiger partial charge is 0.252 e. The van der Waals surface area contributed by atoms with Gasteiger partial charge in [0.15, 0.2) is 46.0 Å². The lowest BCUT2D eigenvalue weighted by atomic mass is 9.33. The Morgan fingerprint density at radius 1 is 0.333 bits per heavy atom. The molecule has 428 valence electrons. The number of hydrogen-bond donors (Lipinski definition) is 0. The second-order valence-corrected chi connectivity index (χ2v) is 23.9. The van der Waals surface area contributed by atoms with Crippen molar-refractivity contribution in [1.82, 2.24) is 0 Å². The van der Waals surface area contributed by atoms with Crippen molar-refractivity contribution in [2.45, 2.75) is 44.9 Å². The lowest BCUT2D eigenvalue weighted by Crippen LogP contribution is -2.61. The predicted molar refractivity (Wildman–Crippen MR) is 346 cm³/mol. The number of benzene rings is 10. The van der Waals surface area contributed by atoms with E-state index >= 15 is 0 Å². The molecule has 0 fully saturated rings. The monoisotopic (exact) mass is 1140 g/mol. The Bertz CT molecular complexity index is 4220. The van der Waals surface area contributed by atoms with E-state index in [0.29, 0.717) is 75.9 Å². The average molecular weight is 1140 g/mol. The maximum atomic E-state index is 6.58. The third-order valence-electron chi connectivity index (χ3n) is 18.3. The summed E-state index contributed by atoms with van der Waals surface area (Å²) in [6, 6.07) is 70.7. The quantitative estimate of drug-likeness (QED) is 0.143. The zero-order valence-electron chi connectivity index (χ0n) is 48.6. The number of anilines is 9. The standard InChI is InChI=1S/C75H62BN3O8/c1-75(2)58-15-7-6-14-56(58)57-27-24-53(40-59(57)75)77(51-20-16-48(17-21-51)47-12-4-3-5-13-47)52-22-18-49(19-23-52)50-38-64-74-65(39-50)79(55-26-29-67-69(42-55)83-33-9-31-81-67)63-46-73-71(85-35-11-37-87-73)44-61(63)76(74)60-43-70-72(86-36-10-34-84-70)45-62(60)78(64)54-25-28-66-68(41-54)82-32-8-30-80-66/h3-7,12-29,38-46H,8-11,30-37H2,1-2H3. The first-order valence-corrected chi connectivity index (χ1v) is 30.6. The van der Waals surface area contributed by atoms with Crippen LogP contribution in [-0.4, -0.2) is 59.6 Å². The molecule has 17 rings (SSSR count). The lowest BCUT2D eigenvalue weighted by Gasteiger charge is -2.44. The van der Waals surface area contributed by atoms with Gasteiger partial charge in [-0.15, -0.1) is 0 Å². The van der Waals surface area contributed by atoms with Gasteiger partial charge in [-0.2, -0.15) is 0 Å². The minimum Gasteiger partial charge on any atom is -0.490 e. The summed E-state index contributed by atoms with van der Waals surface area (Å²) in [5.41, 5.74) is 21.7. The predicted octanol–water partition coefficient (Wildman–Crippen LogP) is 15.5. The first-order chi connectivity index (χ1) is 42.9. The lowest BCUT2D eigenvalue weighted by molar-refractivity contribution is 0.296. The number of hydrogen-bond acceptors (Lipinski definition) is 11. The van der Waals surface area contributed by atoms with E-state index in [1.54, 1.807) is 0 Å². The summed E-state index contributed by atoms with van der Waals surface area (Å²) in [5.74, 6) is 5.74. The Morgan fingerprint density at radius 2 is 0.747 bits per heavy atom. The van der Waals surface area contributed by atoms with Gasteiger partial charge in [-0.3, -0.25) is 0 Å². The van der Waals surface area contributed by atoms with Gasteiger partial charge < -0.3 is 52.6 Å². The van der Waals surface area contributed by atoms with Crippen LogP contribution in [0.25, 0.3) is 33.4 Å². The van der Waals surface area contributed by atoms with E-state index in [4.69, 9.17) is 37.9 Å². The molecule has 0 saturated carbocycles. The van der Waals surface area contributed by atoms with Gasteiger partial charge in [0.1, 0.15) is 0 Å². The van der Waals surface area contributed by atoms with Gasteiger partial charge in [-0.05, 0) is 146 Å². The Kier molecular flexibility index (Phi) is 12.2. The van der Waals surface area contributed by atoms with Crippen molar-refractivity contribution >= 4 is 74.3 Å². The highest BCUT2D eigenvalue weighted by atomic mass is 16.5. The molecule has 6 aliphatic heterocycles. The average Bonchev–Trinajstić information content (AvgIpc) is 1.23. The molecule has 87 heavy (non-hydrogen) atoms. The molecule has 0 spiro atoms. The SMILES string of the molecule is CC1(C)c2ccccc2-c2ccc(N(c3ccc(-c4ccccc4)cc3)c3ccc(-c4cc5c6c(c4)N(c4ccc7c(c4)OCCCO7)c4cc7c(cc4B6c4cc6c(cc4N5c4ccc5c(c4)OCCCO5)OCCCO6)OCCCO7)cc3)cc21. The number of rotatable bonds is 7. The summed E-state index contributed by atoms with van der Waals surface area (Å²) < 4.78 is 51.8. The van der Waals surface area contributed by atoms with Crippen LogP contribution in [0.3, 0.4) is 0 Å². The van der Waals surface area contributed by atoms with E-state index in [-0.39, 0.29) is 12.1 Å². The zero-order chi connectivity index (χ0) is 57.7. The number of fused-ring (bicyclic) bond motifs is 11. The topological polar surface area (TPSA) is 83.6 Å². The molecule has 0 amide bonds. The molecule has 0 bridgehead atoms. The van der Waals surface area contributed by atoms with E-state index in [2.05, 4.69) is 211 Å². The Morgan fingerprint density at radius 3 is 1.26 bits per heavy atom. The van der Waals surface area contributed by atoms with Crippen LogP contribution in [0.1, 0.15) is 50.7 Å². The highest BCUT2D eigenvalue weighted by molar-refractivity contribution is 7.00. The van der Waals surface area contributed by atoms with E-state index in [1.807, 2.05) is 12.1 Å². The second kappa shape index (κ2) is 20.7. The molecular weight excluding hydrogens is 1080 g/mol. The van der Waals surface area contributed by atoms with Gasteiger partial charge >= 0.3 is 0 Å². The highest BCUT2D eigenvalue weighted by Crippen LogP contribution is 2.54. The van der Waals surface area contributed by atoms with Gasteiger partial charge in [-0.25, -0.2) is 0 Å². The zero-order valence-corrected chi connectivity index (χ0v) is 48.6. The van der Waals surface area contributed by atoms with Gasteiger partial charge in [0.05, 0.1) is 64.2 Å². The minimum atomic E-state index is -0.286. The van der Waals surface area contributed by atoms with Crippen LogP contribution in [0.15, 0.2) is 194 Å². The normalized spacial score (nSPS) is 16.1. The molecule has 10 aromatic rings. The van der Waals surface area contributed by atoms with Crippen molar-refractivity contribution < 1.29 is 37.9 Å². The molecule has 1 aliphatic carbocycles. The third-order valence-corrected chi connectivity index (χ3v) is 18.3. The minimum absolute atomic E-state index is 0.180. The molecule has 0 N–H and O–H groups in total. The van der Waals surface area contributed by atoms with Crippen molar-refractivity contribution in [1.29, 1.82) is 0 Å². The molecule has 0 radical (unpaired) electrons. The molecule has 0 saturated heterocycles. The van der Waals surface area contributed by atoms with Crippen molar-refractivity contribution in [2.24, 2.45) is 0 Å². The number of nitrogens with zero attached hydrogens (tertiary/aromatic N) is 3. The van der Waals surface area contributed by atoms with E-state index in [0.717, 1.165) is 133 Å². The molecule has 0 unspecified atom stereocenters. The summed E-state index contributed by atoms with van der Waals surface area (Å²) in [6.45, 7) is 8.90. The Labute approximate surface area is 506 Å². The van der Waals surface area contributed by atoms with Crippen LogP contribution in [0, 0.1) is 0 Å². The largest absolute Gasteiger partial charge is 0.490 e. The molecule has 11 nitrogen and oxygen atoms in total. The van der Waals surface area contributed by atoms with E-state index in [9.17, 15) is 0 Å². The molecule has 0 aromatic heterocycles. The molecular formula is C75H62BN3O8. The Balaban J connectivity index is 0.884. The third kappa shape index (κ3) is 8.62. The van der Waals surface area contributed by atoms with Crippen molar-refractivity contribution in [3.8, 4) is 79.4 Å². The van der Waals surface area contributed by atoms with Crippen LogP contribution in [0.5, 0.6) is 46.0 Å². The molecule has 10 aromatic carbocycles. The summed E-state index contributed by atoms with van der Waals surface area (Å²) >= 11 is 0. The fourth-order valence-electron chi connectivity index (χ4n) is 14.1. The maximum Gasteiger partial charge on any atom is 0.252 e. The van der Waals surface area contributed by atoms with Crippen molar-refractivity contribution in [3.63, 3.8) is 0 Å². The van der Waals surface area contributed by atoms with Crippen LogP contribution >= 0.6 is 0 Å². The van der Waals surface area contributed by atoms with Gasteiger partial charge in [0.25, 0.3) is 6.71 Å².